The van der Waals surface area contributed by atoms with Gasteiger partial charge in [-0.15, -0.1) is 16.9 Å². The normalized spacial score (nSPS) is 11.2. The lowest BCUT2D eigenvalue weighted by molar-refractivity contribution is 0.577. The second-order valence-electron chi connectivity index (χ2n) is 5.08. The fourth-order valence-corrected chi connectivity index (χ4v) is 2.88. The lowest BCUT2D eigenvalue weighted by atomic mass is 10.1. The third-order valence-electron chi connectivity index (χ3n) is 3.63. The Labute approximate surface area is 137 Å². The molecule has 0 aliphatic heterocycles. The summed E-state index contributed by atoms with van der Waals surface area (Å²) in [5.74, 6) is 1.69. The molecule has 0 radical (unpaired) electrons. The Morgan fingerprint density at radius 1 is 1.09 bits per heavy atom. The van der Waals surface area contributed by atoms with Gasteiger partial charge < -0.3 is 10.2 Å². The number of hydrogen-bond donors (Lipinski definition) is 1. The van der Waals surface area contributed by atoms with Gasteiger partial charge in [0, 0.05) is 4.90 Å². The van der Waals surface area contributed by atoms with Crippen molar-refractivity contribution in [1.82, 2.24) is 14.6 Å². The van der Waals surface area contributed by atoms with Crippen molar-refractivity contribution >= 4 is 23.2 Å². The molecule has 0 fully saturated rings. The zero-order chi connectivity index (χ0) is 15.8. The summed E-state index contributed by atoms with van der Waals surface area (Å²) >= 11 is 1.72. The predicted octanol–water partition coefficient (Wildman–Crippen LogP) is 3.96. The van der Waals surface area contributed by atoms with Crippen LogP contribution in [0.2, 0.25) is 0 Å². The van der Waals surface area contributed by atoms with Crippen molar-refractivity contribution in [3.05, 3.63) is 54.8 Å². The molecule has 2 N–H and O–H groups in total. The van der Waals surface area contributed by atoms with E-state index in [1.807, 2.05) is 24.3 Å². The average Bonchev–Trinajstić information content (AvgIpc) is 3.24. The molecule has 4 rings (SSSR count). The summed E-state index contributed by atoms with van der Waals surface area (Å²) in [6, 6.07) is 15.9. The molecular weight excluding hydrogens is 308 g/mol. The summed E-state index contributed by atoms with van der Waals surface area (Å²) in [5.41, 5.74) is 8.95. The molecule has 4 aromatic rings. The van der Waals surface area contributed by atoms with E-state index < -0.39 is 0 Å². The van der Waals surface area contributed by atoms with Crippen molar-refractivity contribution in [3.63, 3.8) is 0 Å². The Balaban J connectivity index is 1.82. The maximum absolute atomic E-state index is 6.14. The first-order valence-corrected chi connectivity index (χ1v) is 8.32. The molecule has 5 nitrogen and oxygen atoms in total. The van der Waals surface area contributed by atoms with Gasteiger partial charge in [0.2, 0.25) is 5.82 Å². The smallest absolute Gasteiger partial charge is 0.217 e. The third-order valence-corrected chi connectivity index (χ3v) is 4.37. The molecule has 6 heteroatoms. The lowest BCUT2D eigenvalue weighted by Gasteiger charge is -2.05. The SMILES string of the molecule is CSc1ccc(-c2cc(N)n3nc(-c4ccco4)nc3c2)cc1. The molecule has 0 saturated carbocycles. The minimum Gasteiger partial charge on any atom is -0.461 e. The molecule has 0 unspecified atom stereocenters. The van der Waals surface area contributed by atoms with Gasteiger partial charge in [0.25, 0.3) is 0 Å². The van der Waals surface area contributed by atoms with E-state index in [9.17, 15) is 0 Å². The Bertz CT molecular complexity index is 958. The minimum absolute atomic E-state index is 0.525. The van der Waals surface area contributed by atoms with Crippen molar-refractivity contribution in [2.45, 2.75) is 4.90 Å². The van der Waals surface area contributed by atoms with Crippen molar-refractivity contribution < 1.29 is 4.42 Å². The number of fused-ring (bicyclic) bond motifs is 1. The van der Waals surface area contributed by atoms with E-state index in [0.29, 0.717) is 23.0 Å². The Hall–Kier alpha value is -2.73. The Kier molecular flexibility index (Phi) is 3.31. The Morgan fingerprint density at radius 2 is 1.91 bits per heavy atom. The number of nitrogen functional groups attached to an aromatic ring is 1. The highest BCUT2D eigenvalue weighted by Crippen LogP contribution is 2.27. The predicted molar refractivity (Wildman–Crippen MR) is 92.3 cm³/mol. The van der Waals surface area contributed by atoms with E-state index >= 15 is 0 Å². The first-order chi connectivity index (χ1) is 11.2. The Morgan fingerprint density at radius 3 is 2.61 bits per heavy atom. The van der Waals surface area contributed by atoms with E-state index in [1.54, 1.807) is 22.5 Å². The zero-order valence-corrected chi connectivity index (χ0v) is 13.2. The van der Waals surface area contributed by atoms with Gasteiger partial charge in [-0.05, 0) is 53.8 Å². The topological polar surface area (TPSA) is 69.3 Å². The van der Waals surface area contributed by atoms with E-state index in [0.717, 1.165) is 11.1 Å². The zero-order valence-electron chi connectivity index (χ0n) is 12.4. The summed E-state index contributed by atoms with van der Waals surface area (Å²) in [7, 11) is 0. The van der Waals surface area contributed by atoms with E-state index in [2.05, 4.69) is 40.6 Å². The van der Waals surface area contributed by atoms with Crippen LogP contribution in [-0.4, -0.2) is 20.9 Å². The van der Waals surface area contributed by atoms with Crippen molar-refractivity contribution in [3.8, 4) is 22.7 Å². The molecule has 0 atom stereocenters. The van der Waals surface area contributed by atoms with Gasteiger partial charge in [0.15, 0.2) is 11.4 Å². The van der Waals surface area contributed by atoms with Crippen LogP contribution in [0.15, 0.2) is 64.1 Å². The van der Waals surface area contributed by atoms with E-state index in [-0.39, 0.29) is 0 Å². The van der Waals surface area contributed by atoms with Crippen LogP contribution in [0.4, 0.5) is 5.82 Å². The highest BCUT2D eigenvalue weighted by molar-refractivity contribution is 7.98. The summed E-state index contributed by atoms with van der Waals surface area (Å²) in [6.07, 6.45) is 3.66. The van der Waals surface area contributed by atoms with Crippen LogP contribution in [0.3, 0.4) is 0 Å². The standard InChI is InChI=1S/C17H14N4OS/c1-23-13-6-4-11(5-7-13)12-9-15(18)21-16(10-12)19-17(20-21)14-3-2-8-22-14/h2-10H,18H2,1H3. The number of pyridine rings is 1. The number of nitrogens with two attached hydrogens (primary N) is 1. The van der Waals surface area contributed by atoms with Crippen molar-refractivity contribution in [2.75, 3.05) is 12.0 Å². The highest BCUT2D eigenvalue weighted by Gasteiger charge is 2.12. The summed E-state index contributed by atoms with van der Waals surface area (Å²) in [4.78, 5) is 5.74. The summed E-state index contributed by atoms with van der Waals surface area (Å²) in [6.45, 7) is 0. The molecule has 114 valence electrons. The lowest BCUT2D eigenvalue weighted by Crippen LogP contribution is -1.98. The number of furan rings is 1. The second kappa shape index (κ2) is 5.48. The number of nitrogens with zero attached hydrogens (tertiary/aromatic N) is 3. The summed E-state index contributed by atoms with van der Waals surface area (Å²) < 4.78 is 6.97. The molecule has 0 saturated heterocycles. The quantitative estimate of drug-likeness (QED) is 0.578. The minimum atomic E-state index is 0.525. The van der Waals surface area contributed by atoms with Gasteiger partial charge in [-0.2, -0.15) is 4.52 Å². The number of anilines is 1. The van der Waals surface area contributed by atoms with Gasteiger partial charge in [-0.1, -0.05) is 12.1 Å². The highest BCUT2D eigenvalue weighted by atomic mass is 32.2. The molecule has 0 amide bonds. The molecule has 0 aliphatic carbocycles. The van der Waals surface area contributed by atoms with E-state index in [4.69, 9.17) is 10.2 Å². The van der Waals surface area contributed by atoms with Gasteiger partial charge >= 0.3 is 0 Å². The van der Waals surface area contributed by atoms with Crippen LogP contribution in [-0.2, 0) is 0 Å². The number of hydrogen-bond acceptors (Lipinski definition) is 5. The molecule has 0 bridgehead atoms. The van der Waals surface area contributed by atoms with Crippen LogP contribution < -0.4 is 5.73 Å². The van der Waals surface area contributed by atoms with Gasteiger partial charge in [0.05, 0.1) is 6.26 Å². The maximum Gasteiger partial charge on any atom is 0.217 e. The first-order valence-electron chi connectivity index (χ1n) is 7.09. The largest absolute Gasteiger partial charge is 0.461 e. The summed E-state index contributed by atoms with van der Waals surface area (Å²) in [5, 5.41) is 4.40. The fourth-order valence-electron chi connectivity index (χ4n) is 2.47. The van der Waals surface area contributed by atoms with Crippen LogP contribution >= 0.6 is 11.8 Å². The molecule has 3 aromatic heterocycles. The molecule has 0 aliphatic rings. The van der Waals surface area contributed by atoms with E-state index in [1.165, 1.54) is 4.90 Å². The second-order valence-corrected chi connectivity index (χ2v) is 5.96. The molecule has 3 heterocycles. The monoisotopic (exact) mass is 322 g/mol. The van der Waals surface area contributed by atoms with Gasteiger partial charge in [-0.3, -0.25) is 0 Å². The van der Waals surface area contributed by atoms with Crippen LogP contribution in [0, 0.1) is 0 Å². The molecule has 0 spiro atoms. The number of rotatable bonds is 3. The van der Waals surface area contributed by atoms with Crippen molar-refractivity contribution in [1.29, 1.82) is 0 Å². The fraction of sp³-hybridized carbons (Fsp3) is 0.0588. The van der Waals surface area contributed by atoms with Gasteiger partial charge in [0.1, 0.15) is 5.82 Å². The van der Waals surface area contributed by atoms with Crippen molar-refractivity contribution in [2.24, 2.45) is 0 Å². The van der Waals surface area contributed by atoms with Crippen LogP contribution in [0.1, 0.15) is 0 Å². The molecular formula is C17H14N4OS. The van der Waals surface area contributed by atoms with Crippen LogP contribution in [0.5, 0.6) is 0 Å². The number of benzene rings is 1. The molecule has 23 heavy (non-hydrogen) atoms. The molecule has 1 aromatic carbocycles. The number of aromatic nitrogens is 3. The average molecular weight is 322 g/mol. The third kappa shape index (κ3) is 2.47. The number of thioether (sulfide) groups is 1. The first kappa shape index (κ1) is 13.9. The maximum atomic E-state index is 6.14. The van der Waals surface area contributed by atoms with Gasteiger partial charge in [-0.25, -0.2) is 4.98 Å². The van der Waals surface area contributed by atoms with Crippen LogP contribution in [0.25, 0.3) is 28.4 Å².